The number of esters is 3. The Kier molecular flexibility index (Phi) is 19.2. The van der Waals surface area contributed by atoms with E-state index >= 15 is 0 Å². The fourth-order valence-electron chi connectivity index (χ4n) is 1.35. The number of hydrogen-bond acceptors (Lipinski definition) is 9. The Bertz CT molecular complexity index is 604. The molecule has 2 atom stereocenters. The van der Waals surface area contributed by atoms with E-state index in [0.717, 1.165) is 0 Å². The summed E-state index contributed by atoms with van der Waals surface area (Å²) in [4.78, 5) is 32.9. The van der Waals surface area contributed by atoms with Crippen LogP contribution in [0.1, 0.15) is 48.5 Å². The van der Waals surface area contributed by atoms with Gasteiger partial charge in [0.05, 0.1) is 17.6 Å². The molecule has 0 fully saturated rings. The monoisotopic (exact) mass is 534 g/mol. The third-order valence-electron chi connectivity index (χ3n) is 3.03. The third kappa shape index (κ3) is 22.1. The van der Waals surface area contributed by atoms with Crippen molar-refractivity contribution in [2.75, 3.05) is 26.4 Å². The summed E-state index contributed by atoms with van der Waals surface area (Å²) in [5, 5.41) is 18.7. The van der Waals surface area contributed by atoms with E-state index in [2.05, 4.69) is 17.9 Å². The van der Waals surface area contributed by atoms with Crippen molar-refractivity contribution in [1.29, 1.82) is 0 Å². The summed E-state index contributed by atoms with van der Waals surface area (Å²) in [5.41, 5.74) is -0.607. The number of hydrogen-bond donors (Lipinski definition) is 2. The van der Waals surface area contributed by atoms with Gasteiger partial charge in [0.25, 0.3) is 0 Å². The minimum absolute atomic E-state index is 0. The molecule has 0 aliphatic heterocycles. The molecular formula is C22H37O9Y-. The first kappa shape index (κ1) is 35.5. The van der Waals surface area contributed by atoms with Crippen molar-refractivity contribution in [3.05, 3.63) is 24.8 Å². The molecule has 2 N–H and O–H groups in total. The minimum atomic E-state index is -1.04. The molecule has 0 aliphatic rings. The predicted molar refractivity (Wildman–Crippen MR) is 114 cm³/mol. The standard InChI is InChI=1S/C11H17O5.C11H20O4.Y/c1-5-9(13)15-6-8(12)7-16-10(14)11(2,3)4;1-8(2)10(13)14-6-9(12)7-15-11(3,4)5;/h8,12H,1,6-7H2,2-4H3;9,12H,1,6-7H2,2-5H3;/q-1;;. The van der Waals surface area contributed by atoms with Gasteiger partial charge in [-0.15, -0.1) is 0 Å². The van der Waals surface area contributed by atoms with Gasteiger partial charge in [-0.25, -0.2) is 4.79 Å². The molecule has 0 aromatic carbocycles. The third-order valence-corrected chi connectivity index (χ3v) is 3.03. The first-order chi connectivity index (χ1) is 14.0. The molecule has 2 unspecified atom stereocenters. The summed E-state index contributed by atoms with van der Waals surface area (Å²) in [6.07, 6.45) is 0.143. The smallest absolute Gasteiger partial charge is 0.333 e. The van der Waals surface area contributed by atoms with Gasteiger partial charge in [-0.1, -0.05) is 6.58 Å². The van der Waals surface area contributed by atoms with Crippen molar-refractivity contribution in [3.63, 3.8) is 0 Å². The summed E-state index contributed by atoms with van der Waals surface area (Å²) in [5.74, 6) is -1.67. The fourth-order valence-corrected chi connectivity index (χ4v) is 1.35. The van der Waals surface area contributed by atoms with Crippen molar-refractivity contribution >= 4 is 17.9 Å². The molecule has 0 aromatic rings. The van der Waals surface area contributed by atoms with E-state index < -0.39 is 35.5 Å². The van der Waals surface area contributed by atoms with Gasteiger partial charge in [-0.2, -0.15) is 0 Å². The molecular weight excluding hydrogens is 497 g/mol. The van der Waals surface area contributed by atoms with E-state index in [1.807, 2.05) is 26.8 Å². The van der Waals surface area contributed by atoms with Gasteiger partial charge in [0.2, 0.25) is 0 Å². The number of carbonyl (C=O) groups is 3. The maximum absolute atomic E-state index is 11.3. The number of carbonyl (C=O) groups excluding carboxylic acids is 3. The molecule has 0 amide bonds. The van der Waals surface area contributed by atoms with E-state index in [0.29, 0.717) is 5.57 Å². The molecule has 1 radical (unpaired) electrons. The molecule has 0 aliphatic carbocycles. The van der Waals surface area contributed by atoms with Crippen LogP contribution < -0.4 is 0 Å². The molecule has 0 aromatic heterocycles. The molecule has 183 valence electrons. The second-order valence-corrected chi connectivity index (χ2v) is 8.73. The first-order valence-electron chi connectivity index (χ1n) is 9.69. The molecule has 0 rings (SSSR count). The predicted octanol–water partition coefficient (Wildman–Crippen LogP) is 1.75. The Labute approximate surface area is 216 Å². The molecule has 0 saturated carbocycles. The van der Waals surface area contributed by atoms with E-state index in [9.17, 15) is 24.6 Å². The van der Waals surface area contributed by atoms with Gasteiger partial charge in [0.15, 0.2) is 0 Å². The van der Waals surface area contributed by atoms with Crippen molar-refractivity contribution < 1.29 is 76.3 Å². The van der Waals surface area contributed by atoms with Crippen molar-refractivity contribution in [2.45, 2.75) is 66.3 Å². The number of aliphatic hydroxyl groups excluding tert-OH is 2. The fraction of sp³-hybridized carbons (Fsp3) is 0.682. The van der Waals surface area contributed by atoms with E-state index in [1.54, 1.807) is 27.7 Å². The number of rotatable bonds is 10. The Morgan fingerprint density at radius 3 is 1.72 bits per heavy atom. The second kappa shape index (κ2) is 17.4. The summed E-state index contributed by atoms with van der Waals surface area (Å²) in [7, 11) is 0. The Morgan fingerprint density at radius 2 is 1.31 bits per heavy atom. The van der Waals surface area contributed by atoms with Crippen LogP contribution in [0.2, 0.25) is 0 Å². The van der Waals surface area contributed by atoms with Crippen molar-refractivity contribution in [2.24, 2.45) is 5.41 Å². The van der Waals surface area contributed by atoms with Crippen LogP contribution in [0.25, 0.3) is 0 Å². The molecule has 9 nitrogen and oxygen atoms in total. The van der Waals surface area contributed by atoms with Crippen LogP contribution in [0.4, 0.5) is 0 Å². The molecule has 32 heavy (non-hydrogen) atoms. The zero-order chi connectivity index (χ0) is 24.8. The van der Waals surface area contributed by atoms with Crippen LogP contribution >= 0.6 is 0 Å². The summed E-state index contributed by atoms with van der Waals surface area (Å²) in [6, 6.07) is 0. The van der Waals surface area contributed by atoms with Crippen molar-refractivity contribution in [1.82, 2.24) is 0 Å². The average molecular weight is 534 g/mol. The Morgan fingerprint density at radius 1 is 0.875 bits per heavy atom. The quantitative estimate of drug-likeness (QED) is 0.186. The van der Waals surface area contributed by atoms with Crippen LogP contribution in [-0.4, -0.2) is 72.4 Å². The summed E-state index contributed by atoms with van der Waals surface area (Å²) in [6.45, 7) is 18.5. The van der Waals surface area contributed by atoms with Gasteiger partial charge in [-0.3, -0.25) is 16.2 Å². The average Bonchev–Trinajstić information content (AvgIpc) is 2.65. The van der Waals surface area contributed by atoms with Gasteiger partial charge < -0.3 is 35.2 Å². The van der Waals surface area contributed by atoms with Crippen molar-refractivity contribution in [3.8, 4) is 0 Å². The van der Waals surface area contributed by atoms with E-state index in [-0.39, 0.29) is 64.7 Å². The molecule has 0 heterocycles. The maximum Gasteiger partial charge on any atom is 0.333 e. The van der Waals surface area contributed by atoms with Gasteiger partial charge in [-0.05, 0) is 48.5 Å². The van der Waals surface area contributed by atoms with Crippen LogP contribution in [0, 0.1) is 11.5 Å². The SMILES string of the molecule is C=C(C)C(=O)OCC(O)COC(C)(C)C.C=[C-]C(=O)OCC(O)COC(=O)C(C)(C)C.[Y]. The van der Waals surface area contributed by atoms with Crippen LogP contribution in [0.3, 0.4) is 0 Å². The number of aliphatic hydroxyl groups is 2. The molecule has 0 bridgehead atoms. The Hall–Kier alpha value is -1.13. The molecule has 0 spiro atoms. The topological polar surface area (TPSA) is 129 Å². The van der Waals surface area contributed by atoms with Crippen LogP contribution in [0.15, 0.2) is 18.7 Å². The Balaban J connectivity index is -0.000000511. The van der Waals surface area contributed by atoms with Gasteiger partial charge >= 0.3 is 11.9 Å². The number of ether oxygens (including phenoxy) is 4. The second-order valence-electron chi connectivity index (χ2n) is 8.73. The minimum Gasteiger partial charge on any atom is -0.487 e. The molecule has 10 heteroatoms. The summed E-state index contributed by atoms with van der Waals surface area (Å²) >= 11 is 0. The normalized spacial score (nSPS) is 12.7. The summed E-state index contributed by atoms with van der Waals surface area (Å²) < 4.78 is 19.4. The van der Waals surface area contributed by atoms with E-state index in [1.165, 1.54) is 0 Å². The van der Waals surface area contributed by atoms with Gasteiger partial charge in [0.1, 0.15) is 38.0 Å². The van der Waals surface area contributed by atoms with Crippen LogP contribution in [-0.2, 0) is 66.0 Å². The first-order valence-corrected chi connectivity index (χ1v) is 9.69. The largest absolute Gasteiger partial charge is 0.487 e. The maximum atomic E-state index is 11.3. The van der Waals surface area contributed by atoms with E-state index in [4.69, 9.17) is 14.2 Å². The van der Waals surface area contributed by atoms with Gasteiger partial charge in [0, 0.05) is 38.3 Å². The molecule has 0 saturated heterocycles. The zero-order valence-corrected chi connectivity index (χ0v) is 23.1. The van der Waals surface area contributed by atoms with Crippen LogP contribution in [0.5, 0.6) is 0 Å². The zero-order valence-electron chi connectivity index (χ0n) is 20.2.